The standard InChI is InChI=1S/C32H45N3O3/c1-4-6-10-22-11-9-16-29(22)34(3)31(36)26-14-7-12-24(19-26)25-13-8-15-27(20-25)35-30(23-17-18-23)28(21-33-35)32(37)38-5-2/h8,13,15,20-24,26,29H,4-7,9-12,14,16-19H2,1-3H3. The Kier molecular flexibility index (Phi) is 8.54. The van der Waals surface area contributed by atoms with Crippen LogP contribution in [0, 0.1) is 11.8 Å². The number of hydrogen-bond donors (Lipinski definition) is 0. The Morgan fingerprint density at radius 3 is 2.63 bits per heavy atom. The predicted molar refractivity (Wildman–Crippen MR) is 150 cm³/mol. The van der Waals surface area contributed by atoms with Crippen LogP contribution in [0.15, 0.2) is 30.5 Å². The molecule has 3 aliphatic rings. The first kappa shape index (κ1) is 27.0. The van der Waals surface area contributed by atoms with Gasteiger partial charge in [-0.2, -0.15) is 5.10 Å². The maximum absolute atomic E-state index is 13.7. The normalized spacial score (nSPS) is 25.3. The van der Waals surface area contributed by atoms with Crippen LogP contribution < -0.4 is 0 Å². The van der Waals surface area contributed by atoms with Gasteiger partial charge in [0, 0.05) is 24.9 Å². The average molecular weight is 520 g/mol. The van der Waals surface area contributed by atoms with Crippen molar-refractivity contribution in [1.82, 2.24) is 14.7 Å². The second-order valence-corrected chi connectivity index (χ2v) is 11.9. The zero-order valence-electron chi connectivity index (χ0n) is 23.5. The van der Waals surface area contributed by atoms with Crippen molar-refractivity contribution in [3.63, 3.8) is 0 Å². The van der Waals surface area contributed by atoms with Crippen LogP contribution in [0.2, 0.25) is 0 Å². The van der Waals surface area contributed by atoms with Crippen LogP contribution in [0.1, 0.15) is 124 Å². The van der Waals surface area contributed by atoms with Crippen LogP contribution in [-0.4, -0.2) is 46.3 Å². The fourth-order valence-corrected chi connectivity index (χ4v) is 7.09. The van der Waals surface area contributed by atoms with Gasteiger partial charge in [-0.15, -0.1) is 0 Å². The fraction of sp³-hybridized carbons (Fsp3) is 0.656. The van der Waals surface area contributed by atoms with E-state index in [0.717, 1.165) is 56.3 Å². The molecule has 1 aromatic heterocycles. The summed E-state index contributed by atoms with van der Waals surface area (Å²) < 4.78 is 7.25. The molecule has 206 valence electrons. The molecule has 0 N–H and O–H groups in total. The number of carbonyl (C=O) groups excluding carboxylic acids is 2. The molecular weight excluding hydrogens is 474 g/mol. The van der Waals surface area contributed by atoms with Crippen LogP contribution in [0.3, 0.4) is 0 Å². The Labute approximate surface area is 228 Å². The molecule has 1 aromatic carbocycles. The zero-order chi connectivity index (χ0) is 26.6. The summed E-state index contributed by atoms with van der Waals surface area (Å²) in [5, 5.41) is 4.63. The largest absolute Gasteiger partial charge is 0.462 e. The van der Waals surface area contributed by atoms with Gasteiger partial charge in [-0.05, 0) is 87.8 Å². The van der Waals surface area contributed by atoms with Crippen LogP contribution in [0.25, 0.3) is 5.69 Å². The van der Waals surface area contributed by atoms with E-state index < -0.39 is 0 Å². The minimum absolute atomic E-state index is 0.108. The molecule has 1 heterocycles. The summed E-state index contributed by atoms with van der Waals surface area (Å²) in [5.74, 6) is 1.60. The number of unbranched alkanes of at least 4 members (excludes halogenated alkanes) is 1. The second-order valence-electron chi connectivity index (χ2n) is 11.9. The molecule has 3 fully saturated rings. The van der Waals surface area contributed by atoms with Crippen molar-refractivity contribution in [3.8, 4) is 5.69 Å². The van der Waals surface area contributed by atoms with E-state index in [4.69, 9.17) is 4.74 Å². The van der Waals surface area contributed by atoms with Gasteiger partial charge in [0.2, 0.25) is 5.91 Å². The van der Waals surface area contributed by atoms with Gasteiger partial charge in [0.15, 0.2) is 0 Å². The minimum atomic E-state index is -0.284. The smallest absolute Gasteiger partial charge is 0.341 e. The van der Waals surface area contributed by atoms with Crippen LogP contribution in [0.5, 0.6) is 0 Å². The molecule has 38 heavy (non-hydrogen) atoms. The molecule has 6 nitrogen and oxygen atoms in total. The topological polar surface area (TPSA) is 64.4 Å². The number of amides is 1. The number of hydrogen-bond acceptors (Lipinski definition) is 4. The van der Waals surface area contributed by atoms with Crippen LogP contribution >= 0.6 is 0 Å². The average Bonchev–Trinajstić information content (AvgIpc) is 3.50. The fourth-order valence-electron chi connectivity index (χ4n) is 7.09. The predicted octanol–water partition coefficient (Wildman–Crippen LogP) is 7.02. The first-order chi connectivity index (χ1) is 18.5. The van der Waals surface area contributed by atoms with E-state index >= 15 is 0 Å². The molecule has 2 aromatic rings. The summed E-state index contributed by atoms with van der Waals surface area (Å²) in [6, 6.07) is 9.03. The molecule has 0 aliphatic heterocycles. The van der Waals surface area contributed by atoms with Gasteiger partial charge in [-0.1, -0.05) is 44.7 Å². The van der Waals surface area contributed by atoms with Gasteiger partial charge in [0.25, 0.3) is 0 Å². The summed E-state index contributed by atoms with van der Waals surface area (Å²) in [7, 11) is 2.07. The summed E-state index contributed by atoms with van der Waals surface area (Å²) in [6.45, 7) is 4.45. The highest BCUT2D eigenvalue weighted by Gasteiger charge is 2.37. The molecule has 4 unspecified atom stereocenters. The lowest BCUT2D eigenvalue weighted by Gasteiger charge is -2.36. The summed E-state index contributed by atoms with van der Waals surface area (Å²) >= 11 is 0. The maximum atomic E-state index is 13.7. The molecule has 0 bridgehead atoms. The quantitative estimate of drug-likeness (QED) is 0.317. The third-order valence-electron chi connectivity index (χ3n) is 9.27. The molecule has 3 aliphatic carbocycles. The van der Waals surface area contributed by atoms with E-state index in [-0.39, 0.29) is 11.9 Å². The van der Waals surface area contributed by atoms with Crippen molar-refractivity contribution in [2.75, 3.05) is 13.7 Å². The highest BCUT2D eigenvalue weighted by Crippen LogP contribution is 2.43. The molecular formula is C32H45N3O3. The van der Waals surface area contributed by atoms with E-state index in [1.807, 2.05) is 11.6 Å². The lowest BCUT2D eigenvalue weighted by atomic mass is 9.77. The first-order valence-electron chi connectivity index (χ1n) is 15.1. The SMILES string of the molecule is CCCCC1CCCC1N(C)C(=O)C1CCCC(c2cccc(-n3ncc(C(=O)OCC)c3C3CC3)c2)C1. The first-order valence-corrected chi connectivity index (χ1v) is 15.1. The molecule has 3 saturated carbocycles. The van der Waals surface area contributed by atoms with Crippen molar-refractivity contribution in [3.05, 3.63) is 47.3 Å². The second kappa shape index (κ2) is 12.0. The number of carbonyl (C=O) groups is 2. The highest BCUT2D eigenvalue weighted by atomic mass is 16.5. The number of aromatic nitrogens is 2. The Morgan fingerprint density at radius 1 is 1.05 bits per heavy atom. The third-order valence-corrected chi connectivity index (χ3v) is 9.27. The molecule has 4 atom stereocenters. The highest BCUT2D eigenvalue weighted by molar-refractivity contribution is 5.91. The number of benzene rings is 1. The van der Waals surface area contributed by atoms with Crippen molar-refractivity contribution in [2.24, 2.45) is 11.8 Å². The minimum Gasteiger partial charge on any atom is -0.462 e. The monoisotopic (exact) mass is 519 g/mol. The number of nitrogens with zero attached hydrogens (tertiary/aromatic N) is 3. The summed E-state index contributed by atoms with van der Waals surface area (Å²) in [4.78, 5) is 28.4. The maximum Gasteiger partial charge on any atom is 0.341 e. The van der Waals surface area contributed by atoms with Crippen LogP contribution in [0.4, 0.5) is 0 Å². The van der Waals surface area contributed by atoms with Crippen molar-refractivity contribution in [1.29, 1.82) is 0 Å². The molecule has 0 saturated heterocycles. The molecule has 1 amide bonds. The Hall–Kier alpha value is -2.63. The third kappa shape index (κ3) is 5.69. The lowest BCUT2D eigenvalue weighted by molar-refractivity contribution is -0.138. The van der Waals surface area contributed by atoms with E-state index in [2.05, 4.69) is 48.2 Å². The summed E-state index contributed by atoms with van der Waals surface area (Å²) in [5.41, 5.74) is 3.85. The zero-order valence-corrected chi connectivity index (χ0v) is 23.5. The van der Waals surface area contributed by atoms with Crippen molar-refractivity contribution >= 4 is 11.9 Å². The number of rotatable bonds is 10. The van der Waals surface area contributed by atoms with E-state index in [1.165, 1.54) is 37.7 Å². The van der Waals surface area contributed by atoms with Crippen molar-refractivity contribution < 1.29 is 14.3 Å². The molecule has 0 radical (unpaired) electrons. The number of ether oxygens (including phenoxy) is 1. The number of esters is 1. The Bertz CT molecular complexity index is 1120. The van der Waals surface area contributed by atoms with Gasteiger partial charge in [-0.3, -0.25) is 4.79 Å². The Balaban J connectivity index is 1.31. The van der Waals surface area contributed by atoms with Gasteiger partial charge >= 0.3 is 5.97 Å². The van der Waals surface area contributed by atoms with Crippen molar-refractivity contribution in [2.45, 2.75) is 109 Å². The summed E-state index contributed by atoms with van der Waals surface area (Å²) in [6.07, 6.45) is 15.4. The van der Waals surface area contributed by atoms with Gasteiger partial charge in [0.05, 0.1) is 24.2 Å². The molecule has 6 heteroatoms. The van der Waals surface area contributed by atoms with Crippen LogP contribution in [-0.2, 0) is 9.53 Å². The van der Waals surface area contributed by atoms with E-state index in [9.17, 15) is 9.59 Å². The van der Waals surface area contributed by atoms with E-state index in [1.54, 1.807) is 6.20 Å². The van der Waals surface area contributed by atoms with Gasteiger partial charge in [0.1, 0.15) is 5.56 Å². The molecule has 5 rings (SSSR count). The lowest BCUT2D eigenvalue weighted by Crippen LogP contribution is -2.43. The van der Waals surface area contributed by atoms with E-state index in [0.29, 0.717) is 41.9 Å². The Morgan fingerprint density at radius 2 is 1.87 bits per heavy atom. The van der Waals surface area contributed by atoms with Gasteiger partial charge in [-0.25, -0.2) is 9.48 Å². The molecule has 0 spiro atoms. The van der Waals surface area contributed by atoms with Gasteiger partial charge < -0.3 is 9.64 Å².